The lowest BCUT2D eigenvalue weighted by Crippen LogP contribution is -2.39. The Bertz CT molecular complexity index is 593. The van der Waals surface area contributed by atoms with E-state index in [4.69, 9.17) is 0 Å². The maximum Gasteiger partial charge on any atom is 0.221 e. The number of rotatable bonds is 7. The number of hydrogen-bond donors (Lipinski definition) is 1. The number of carbonyl (C=O) groups excluding carboxylic acids is 1. The molecule has 1 fully saturated rings. The van der Waals surface area contributed by atoms with Crippen molar-refractivity contribution in [2.75, 3.05) is 18.6 Å². The summed E-state index contributed by atoms with van der Waals surface area (Å²) in [4.78, 5) is 13.1. The number of amides is 1. The fourth-order valence-electron chi connectivity index (χ4n) is 2.70. The standard InChI is InChI=1S/C16H23NO3S2/c1-22(19,20)12-9-15(18)17-13-16(10-5-6-11-16)21-14-7-3-2-4-8-14/h2-4,7-8H,5-6,9-13H2,1H3,(H,17,18). The molecule has 0 radical (unpaired) electrons. The van der Waals surface area contributed by atoms with Crippen LogP contribution in [0.5, 0.6) is 0 Å². The van der Waals surface area contributed by atoms with E-state index in [0.717, 1.165) is 19.1 Å². The van der Waals surface area contributed by atoms with E-state index in [-0.39, 0.29) is 22.8 Å². The van der Waals surface area contributed by atoms with Crippen LogP contribution in [0.15, 0.2) is 35.2 Å². The third-order valence-corrected chi connectivity index (χ3v) is 6.34. The van der Waals surface area contributed by atoms with Crippen molar-refractivity contribution >= 4 is 27.5 Å². The molecule has 22 heavy (non-hydrogen) atoms. The van der Waals surface area contributed by atoms with Gasteiger partial charge in [0.1, 0.15) is 9.84 Å². The second-order valence-electron chi connectivity index (χ2n) is 5.96. The number of thioether (sulfide) groups is 1. The van der Waals surface area contributed by atoms with Crippen LogP contribution in [0.1, 0.15) is 32.1 Å². The minimum absolute atomic E-state index is 0.0438. The van der Waals surface area contributed by atoms with Crippen molar-refractivity contribution in [1.29, 1.82) is 0 Å². The van der Waals surface area contributed by atoms with Crippen molar-refractivity contribution in [3.63, 3.8) is 0 Å². The fourth-order valence-corrected chi connectivity index (χ4v) is 4.69. The summed E-state index contributed by atoms with van der Waals surface area (Å²) in [7, 11) is -3.09. The first kappa shape index (κ1) is 17.3. The first-order chi connectivity index (χ1) is 10.4. The summed E-state index contributed by atoms with van der Waals surface area (Å²) < 4.78 is 22.3. The van der Waals surface area contributed by atoms with Crippen LogP contribution in [0, 0.1) is 0 Å². The summed E-state index contributed by atoms with van der Waals surface area (Å²) in [5, 5.41) is 2.93. The first-order valence-electron chi connectivity index (χ1n) is 7.57. The molecule has 0 bridgehead atoms. The molecule has 0 unspecified atom stereocenters. The predicted molar refractivity (Wildman–Crippen MR) is 90.8 cm³/mol. The Morgan fingerprint density at radius 2 is 1.86 bits per heavy atom. The van der Waals surface area contributed by atoms with Crippen molar-refractivity contribution in [2.24, 2.45) is 0 Å². The molecule has 0 heterocycles. The highest BCUT2D eigenvalue weighted by molar-refractivity contribution is 8.00. The van der Waals surface area contributed by atoms with Gasteiger partial charge in [0.15, 0.2) is 0 Å². The Labute approximate surface area is 137 Å². The molecule has 0 aromatic heterocycles. The maximum atomic E-state index is 11.9. The lowest BCUT2D eigenvalue weighted by molar-refractivity contribution is -0.120. The largest absolute Gasteiger partial charge is 0.355 e. The van der Waals surface area contributed by atoms with E-state index in [2.05, 4.69) is 17.4 Å². The number of sulfone groups is 1. The van der Waals surface area contributed by atoms with Crippen molar-refractivity contribution in [1.82, 2.24) is 5.32 Å². The Morgan fingerprint density at radius 3 is 2.45 bits per heavy atom. The lowest BCUT2D eigenvalue weighted by atomic mass is 10.1. The van der Waals surface area contributed by atoms with E-state index in [0.29, 0.717) is 6.54 Å². The monoisotopic (exact) mass is 341 g/mol. The van der Waals surface area contributed by atoms with Gasteiger partial charge in [0.2, 0.25) is 5.91 Å². The fraction of sp³-hybridized carbons (Fsp3) is 0.562. The highest BCUT2D eigenvalue weighted by Crippen LogP contribution is 2.44. The predicted octanol–water partition coefficient (Wildman–Crippen LogP) is 2.64. The van der Waals surface area contributed by atoms with E-state index >= 15 is 0 Å². The minimum atomic E-state index is -3.09. The second-order valence-corrected chi connectivity index (χ2v) is 9.76. The van der Waals surface area contributed by atoms with Crippen molar-refractivity contribution in [3.8, 4) is 0 Å². The number of hydrogen-bond acceptors (Lipinski definition) is 4. The zero-order valence-electron chi connectivity index (χ0n) is 12.9. The Morgan fingerprint density at radius 1 is 1.23 bits per heavy atom. The zero-order chi connectivity index (χ0) is 16.1. The third-order valence-electron chi connectivity index (χ3n) is 3.90. The number of carbonyl (C=O) groups is 1. The van der Waals surface area contributed by atoms with Crippen LogP contribution >= 0.6 is 11.8 Å². The molecular weight excluding hydrogens is 318 g/mol. The van der Waals surface area contributed by atoms with E-state index in [9.17, 15) is 13.2 Å². The minimum Gasteiger partial charge on any atom is -0.355 e. The summed E-state index contributed by atoms with van der Waals surface area (Å²) in [5.41, 5.74) is 0. The number of benzene rings is 1. The zero-order valence-corrected chi connectivity index (χ0v) is 14.5. The summed E-state index contributed by atoms with van der Waals surface area (Å²) >= 11 is 1.83. The van der Waals surface area contributed by atoms with Crippen LogP contribution in [0.3, 0.4) is 0 Å². The molecule has 4 nitrogen and oxygen atoms in total. The molecule has 1 aliphatic carbocycles. The molecule has 1 N–H and O–H groups in total. The van der Waals surface area contributed by atoms with Gasteiger partial charge in [-0.2, -0.15) is 0 Å². The molecule has 122 valence electrons. The molecule has 1 aliphatic rings. The van der Waals surface area contributed by atoms with Gasteiger partial charge < -0.3 is 5.32 Å². The van der Waals surface area contributed by atoms with Gasteiger partial charge in [-0.3, -0.25) is 4.79 Å². The normalized spacial score (nSPS) is 17.3. The van der Waals surface area contributed by atoms with Gasteiger partial charge in [0, 0.05) is 28.9 Å². The molecule has 0 atom stereocenters. The van der Waals surface area contributed by atoms with Gasteiger partial charge in [0.05, 0.1) is 5.75 Å². The van der Waals surface area contributed by atoms with Crippen LogP contribution < -0.4 is 5.32 Å². The van der Waals surface area contributed by atoms with Crippen LogP contribution in [0.4, 0.5) is 0 Å². The maximum absolute atomic E-state index is 11.9. The Hall–Kier alpha value is -1.01. The van der Waals surface area contributed by atoms with Crippen LogP contribution in [0.2, 0.25) is 0 Å². The summed E-state index contributed by atoms with van der Waals surface area (Å²) in [6.45, 7) is 0.606. The van der Waals surface area contributed by atoms with Gasteiger partial charge in [-0.25, -0.2) is 8.42 Å². The highest BCUT2D eigenvalue weighted by atomic mass is 32.2. The molecule has 0 spiro atoms. The van der Waals surface area contributed by atoms with Crippen LogP contribution in [-0.4, -0.2) is 37.6 Å². The third kappa shape index (κ3) is 5.65. The molecular formula is C16H23NO3S2. The molecule has 1 aromatic rings. The Balaban J connectivity index is 1.90. The van der Waals surface area contributed by atoms with Crippen LogP contribution in [-0.2, 0) is 14.6 Å². The van der Waals surface area contributed by atoms with Crippen LogP contribution in [0.25, 0.3) is 0 Å². The highest BCUT2D eigenvalue weighted by Gasteiger charge is 2.35. The molecule has 0 saturated heterocycles. The van der Waals surface area contributed by atoms with Crippen molar-refractivity contribution < 1.29 is 13.2 Å². The topological polar surface area (TPSA) is 63.2 Å². The molecule has 2 rings (SSSR count). The van der Waals surface area contributed by atoms with Gasteiger partial charge in [-0.15, -0.1) is 11.8 Å². The Kier molecular flexibility index (Phi) is 5.92. The van der Waals surface area contributed by atoms with Gasteiger partial charge in [-0.1, -0.05) is 31.0 Å². The molecule has 6 heteroatoms. The number of nitrogens with one attached hydrogen (secondary N) is 1. The average Bonchev–Trinajstić information content (AvgIpc) is 2.92. The second kappa shape index (κ2) is 7.51. The average molecular weight is 341 g/mol. The molecule has 1 amide bonds. The van der Waals surface area contributed by atoms with Gasteiger partial charge >= 0.3 is 0 Å². The van der Waals surface area contributed by atoms with Gasteiger partial charge in [-0.05, 0) is 25.0 Å². The van der Waals surface area contributed by atoms with Crippen molar-refractivity contribution in [3.05, 3.63) is 30.3 Å². The molecule has 1 aromatic carbocycles. The van der Waals surface area contributed by atoms with Crippen molar-refractivity contribution in [2.45, 2.75) is 41.7 Å². The van der Waals surface area contributed by atoms with E-state index in [1.54, 1.807) is 0 Å². The SMILES string of the molecule is CS(=O)(=O)CCC(=O)NCC1(Sc2ccccc2)CCCC1. The first-order valence-corrected chi connectivity index (χ1v) is 10.4. The molecule has 1 saturated carbocycles. The smallest absolute Gasteiger partial charge is 0.221 e. The molecule has 0 aliphatic heterocycles. The van der Waals surface area contributed by atoms with E-state index in [1.807, 2.05) is 30.0 Å². The van der Waals surface area contributed by atoms with E-state index in [1.165, 1.54) is 17.7 Å². The summed E-state index contributed by atoms with van der Waals surface area (Å²) in [5.74, 6) is -0.261. The van der Waals surface area contributed by atoms with Gasteiger partial charge in [0.25, 0.3) is 0 Å². The quantitative estimate of drug-likeness (QED) is 0.828. The summed E-state index contributed by atoms with van der Waals surface area (Å²) in [6.07, 6.45) is 5.73. The van der Waals surface area contributed by atoms with E-state index < -0.39 is 9.84 Å². The summed E-state index contributed by atoms with van der Waals surface area (Å²) in [6, 6.07) is 10.2. The lowest BCUT2D eigenvalue weighted by Gasteiger charge is -2.28.